The average molecular weight is 291 g/mol. The number of benzene rings is 1. The van der Waals surface area contributed by atoms with Crippen LogP contribution >= 0.6 is 0 Å². The van der Waals surface area contributed by atoms with Gasteiger partial charge in [-0.1, -0.05) is 0 Å². The predicted octanol–water partition coefficient (Wildman–Crippen LogP) is 1.36. The minimum Gasteiger partial charge on any atom is -0.396 e. The molecule has 2 rings (SSSR count). The van der Waals surface area contributed by atoms with Gasteiger partial charge in [-0.15, -0.1) is 0 Å². The Balaban J connectivity index is 2.26. The number of nitrogens with zero attached hydrogens (tertiary/aromatic N) is 1. The average Bonchev–Trinajstić information content (AvgIpc) is 2.82. The Morgan fingerprint density at radius 1 is 1.37 bits per heavy atom. The SMILES string of the molecule is O=S(=O)(c1cc(F)ccc1F)N1CCC(CCO)C1. The highest BCUT2D eigenvalue weighted by Crippen LogP contribution is 2.27. The largest absolute Gasteiger partial charge is 0.396 e. The van der Waals surface area contributed by atoms with E-state index in [1.807, 2.05) is 0 Å². The number of rotatable bonds is 4. The third-order valence-corrected chi connectivity index (χ3v) is 5.18. The second-order valence-electron chi connectivity index (χ2n) is 4.60. The third-order valence-electron chi connectivity index (χ3n) is 3.30. The molecule has 1 aliphatic rings. The van der Waals surface area contributed by atoms with E-state index in [1.165, 1.54) is 0 Å². The molecule has 1 N–H and O–H groups in total. The minimum absolute atomic E-state index is 0.00706. The van der Waals surface area contributed by atoms with Crippen molar-refractivity contribution in [2.75, 3.05) is 19.7 Å². The maximum absolute atomic E-state index is 13.6. The molecule has 7 heteroatoms. The van der Waals surface area contributed by atoms with E-state index < -0.39 is 26.6 Å². The Kier molecular flexibility index (Phi) is 4.17. The number of halogens is 2. The number of sulfonamides is 1. The molecule has 0 spiro atoms. The lowest BCUT2D eigenvalue weighted by Gasteiger charge is -2.17. The van der Waals surface area contributed by atoms with Gasteiger partial charge in [0, 0.05) is 19.7 Å². The van der Waals surface area contributed by atoms with E-state index in [0.29, 0.717) is 18.9 Å². The molecule has 19 heavy (non-hydrogen) atoms. The van der Waals surface area contributed by atoms with Crippen LogP contribution in [-0.4, -0.2) is 37.5 Å². The Bertz CT molecular complexity index is 562. The summed E-state index contributed by atoms with van der Waals surface area (Å²) in [6.45, 7) is 0.495. The highest BCUT2D eigenvalue weighted by molar-refractivity contribution is 7.89. The van der Waals surface area contributed by atoms with Gasteiger partial charge in [0.05, 0.1) is 0 Å². The maximum atomic E-state index is 13.6. The van der Waals surface area contributed by atoms with E-state index in [4.69, 9.17) is 5.11 Å². The summed E-state index contributed by atoms with van der Waals surface area (Å²) in [5, 5.41) is 8.84. The zero-order valence-electron chi connectivity index (χ0n) is 10.2. The normalized spacial score (nSPS) is 20.9. The summed E-state index contributed by atoms with van der Waals surface area (Å²) >= 11 is 0. The van der Waals surface area contributed by atoms with Gasteiger partial charge in [-0.25, -0.2) is 17.2 Å². The van der Waals surface area contributed by atoms with Gasteiger partial charge in [-0.05, 0) is 37.0 Å². The molecule has 0 aliphatic carbocycles. The van der Waals surface area contributed by atoms with Crippen molar-refractivity contribution in [3.63, 3.8) is 0 Å². The summed E-state index contributed by atoms with van der Waals surface area (Å²) < 4.78 is 52.2. The van der Waals surface area contributed by atoms with Crippen LogP contribution < -0.4 is 0 Å². The van der Waals surface area contributed by atoms with Crippen LogP contribution in [0.25, 0.3) is 0 Å². The molecule has 1 fully saturated rings. The van der Waals surface area contributed by atoms with Crippen molar-refractivity contribution in [3.8, 4) is 0 Å². The number of aliphatic hydroxyl groups is 1. The molecule has 0 saturated carbocycles. The number of hydrogen-bond acceptors (Lipinski definition) is 3. The fourth-order valence-corrected chi connectivity index (χ4v) is 3.85. The van der Waals surface area contributed by atoms with E-state index in [2.05, 4.69) is 0 Å². The predicted molar refractivity (Wildman–Crippen MR) is 64.9 cm³/mol. The smallest absolute Gasteiger partial charge is 0.246 e. The molecule has 1 aromatic rings. The molecular formula is C12H15F2NO3S. The van der Waals surface area contributed by atoms with Gasteiger partial charge in [-0.3, -0.25) is 0 Å². The Hall–Kier alpha value is -1.05. The van der Waals surface area contributed by atoms with Gasteiger partial charge in [-0.2, -0.15) is 4.31 Å². The first-order valence-electron chi connectivity index (χ1n) is 6.01. The van der Waals surface area contributed by atoms with Crippen LogP contribution in [0.5, 0.6) is 0 Å². The minimum atomic E-state index is -4.01. The zero-order valence-corrected chi connectivity index (χ0v) is 11.0. The van der Waals surface area contributed by atoms with Crippen molar-refractivity contribution in [3.05, 3.63) is 29.8 Å². The first-order valence-corrected chi connectivity index (χ1v) is 7.45. The zero-order chi connectivity index (χ0) is 14.0. The van der Waals surface area contributed by atoms with Crippen molar-refractivity contribution >= 4 is 10.0 Å². The van der Waals surface area contributed by atoms with Crippen LogP contribution in [0.4, 0.5) is 8.78 Å². The molecule has 1 saturated heterocycles. The van der Waals surface area contributed by atoms with E-state index in [0.717, 1.165) is 16.4 Å². The lowest BCUT2D eigenvalue weighted by atomic mass is 10.1. The molecule has 1 aromatic carbocycles. The summed E-state index contributed by atoms with van der Waals surface area (Å²) in [6, 6.07) is 2.39. The van der Waals surface area contributed by atoms with Gasteiger partial charge < -0.3 is 5.11 Å². The summed E-state index contributed by atoms with van der Waals surface area (Å²) in [5.41, 5.74) is 0. The van der Waals surface area contributed by atoms with Gasteiger partial charge >= 0.3 is 0 Å². The first-order chi connectivity index (χ1) is 8.95. The van der Waals surface area contributed by atoms with Gasteiger partial charge in [0.15, 0.2) is 0 Å². The summed E-state index contributed by atoms with van der Waals surface area (Å²) in [7, 11) is -4.01. The lowest BCUT2D eigenvalue weighted by Crippen LogP contribution is -2.29. The standard InChI is InChI=1S/C12H15F2NO3S/c13-10-1-2-11(14)12(7-10)19(17,18)15-5-3-9(8-15)4-6-16/h1-2,7,9,16H,3-6,8H2. The van der Waals surface area contributed by atoms with Gasteiger partial charge in [0.2, 0.25) is 10.0 Å². The van der Waals surface area contributed by atoms with Gasteiger partial charge in [0.1, 0.15) is 16.5 Å². The number of aliphatic hydroxyl groups excluding tert-OH is 1. The molecule has 1 aliphatic heterocycles. The van der Waals surface area contributed by atoms with E-state index in [1.54, 1.807) is 0 Å². The molecule has 1 unspecified atom stereocenters. The van der Waals surface area contributed by atoms with E-state index in [9.17, 15) is 17.2 Å². The van der Waals surface area contributed by atoms with Crippen LogP contribution in [0, 0.1) is 17.6 Å². The summed E-state index contributed by atoms with van der Waals surface area (Å²) in [5.74, 6) is -1.67. The second-order valence-corrected chi connectivity index (χ2v) is 6.51. The molecule has 4 nitrogen and oxygen atoms in total. The fraction of sp³-hybridized carbons (Fsp3) is 0.500. The molecule has 0 radical (unpaired) electrons. The maximum Gasteiger partial charge on any atom is 0.246 e. The van der Waals surface area contributed by atoms with Gasteiger partial charge in [0.25, 0.3) is 0 Å². The highest BCUT2D eigenvalue weighted by Gasteiger charge is 2.34. The van der Waals surface area contributed by atoms with Crippen LogP contribution in [0.2, 0.25) is 0 Å². The fourth-order valence-electron chi connectivity index (χ4n) is 2.25. The molecule has 0 aromatic heterocycles. The Labute approximate surface area is 110 Å². The van der Waals surface area contributed by atoms with Crippen LogP contribution in [0.15, 0.2) is 23.1 Å². The van der Waals surface area contributed by atoms with Crippen molar-refractivity contribution in [1.82, 2.24) is 4.31 Å². The van der Waals surface area contributed by atoms with E-state index >= 15 is 0 Å². The van der Waals surface area contributed by atoms with Crippen molar-refractivity contribution < 1.29 is 22.3 Å². The molecule has 106 valence electrons. The van der Waals surface area contributed by atoms with Crippen LogP contribution in [0.3, 0.4) is 0 Å². The Morgan fingerprint density at radius 3 is 2.79 bits per heavy atom. The molecule has 1 atom stereocenters. The Morgan fingerprint density at radius 2 is 2.11 bits per heavy atom. The molecule has 0 bridgehead atoms. The topological polar surface area (TPSA) is 57.6 Å². The highest BCUT2D eigenvalue weighted by atomic mass is 32.2. The second kappa shape index (κ2) is 5.52. The van der Waals surface area contributed by atoms with Crippen molar-refractivity contribution in [1.29, 1.82) is 0 Å². The first kappa shape index (κ1) is 14.4. The monoisotopic (exact) mass is 291 g/mol. The summed E-state index contributed by atoms with van der Waals surface area (Å²) in [4.78, 5) is -0.628. The molecular weight excluding hydrogens is 276 g/mol. The summed E-state index contributed by atoms with van der Waals surface area (Å²) in [6.07, 6.45) is 1.13. The van der Waals surface area contributed by atoms with Crippen LogP contribution in [-0.2, 0) is 10.0 Å². The van der Waals surface area contributed by atoms with Crippen molar-refractivity contribution in [2.45, 2.75) is 17.7 Å². The molecule has 0 amide bonds. The van der Waals surface area contributed by atoms with Crippen molar-refractivity contribution in [2.24, 2.45) is 5.92 Å². The number of hydrogen-bond donors (Lipinski definition) is 1. The third kappa shape index (κ3) is 2.93. The quantitative estimate of drug-likeness (QED) is 0.911. The van der Waals surface area contributed by atoms with Crippen LogP contribution in [0.1, 0.15) is 12.8 Å². The molecule has 1 heterocycles. The van der Waals surface area contributed by atoms with E-state index in [-0.39, 0.29) is 25.6 Å². The lowest BCUT2D eigenvalue weighted by molar-refractivity contribution is 0.259.